The average Bonchev–Trinajstić information content (AvgIpc) is 3.21. The topological polar surface area (TPSA) is 48.9 Å². The number of benzene rings is 1. The molecule has 1 aliphatic carbocycles. The summed E-state index contributed by atoms with van der Waals surface area (Å²) in [5.41, 5.74) is 1.36. The molecule has 0 unspecified atom stereocenters. The number of methoxy groups -OCH3 is 1. The quantitative estimate of drug-likeness (QED) is 0.569. The minimum Gasteiger partial charge on any atom is -0.497 e. The minimum atomic E-state index is 0.620. The molecule has 0 bridgehead atoms. The third kappa shape index (κ3) is 6.42. The molecule has 1 heterocycles. The molecule has 1 saturated heterocycles. The van der Waals surface area contributed by atoms with Crippen molar-refractivity contribution < 1.29 is 4.74 Å². The second-order valence-corrected chi connectivity index (χ2v) is 7.91. The zero-order chi connectivity index (χ0) is 18.9. The number of nitrogens with zero attached hydrogens (tertiary/aromatic N) is 2. The molecular weight excluding hydrogens is 336 g/mol. The highest BCUT2D eigenvalue weighted by Gasteiger charge is 2.20. The van der Waals surface area contributed by atoms with Gasteiger partial charge in [-0.1, -0.05) is 25.0 Å². The van der Waals surface area contributed by atoms with Crippen LogP contribution in [0, 0.1) is 5.92 Å². The second kappa shape index (κ2) is 10.5. The first-order chi connectivity index (χ1) is 13.3. The van der Waals surface area contributed by atoms with Gasteiger partial charge in [0.05, 0.1) is 7.11 Å². The molecular formula is C22H36N4O. The van der Waals surface area contributed by atoms with Crippen LogP contribution in [0.5, 0.6) is 5.75 Å². The van der Waals surface area contributed by atoms with Crippen LogP contribution >= 0.6 is 0 Å². The normalized spacial score (nSPS) is 20.0. The van der Waals surface area contributed by atoms with Crippen molar-refractivity contribution in [2.75, 3.05) is 33.3 Å². The van der Waals surface area contributed by atoms with E-state index in [0.29, 0.717) is 12.0 Å². The zero-order valence-electron chi connectivity index (χ0n) is 17.0. The van der Waals surface area contributed by atoms with Crippen LogP contribution in [-0.2, 0) is 6.54 Å². The van der Waals surface area contributed by atoms with Gasteiger partial charge in [-0.15, -0.1) is 0 Å². The summed E-state index contributed by atoms with van der Waals surface area (Å²) < 4.78 is 5.24. The Labute approximate surface area is 164 Å². The van der Waals surface area contributed by atoms with E-state index in [1.807, 2.05) is 0 Å². The Kier molecular flexibility index (Phi) is 7.81. The Hall–Kier alpha value is -1.75. The van der Waals surface area contributed by atoms with Gasteiger partial charge in [0.15, 0.2) is 5.96 Å². The Bertz CT molecular complexity index is 572. The molecule has 0 radical (unpaired) electrons. The van der Waals surface area contributed by atoms with Gasteiger partial charge in [0.25, 0.3) is 0 Å². The number of guanidine groups is 1. The van der Waals surface area contributed by atoms with Crippen LogP contribution in [0.1, 0.15) is 51.0 Å². The first kappa shape index (κ1) is 20.0. The van der Waals surface area contributed by atoms with Gasteiger partial charge in [0.2, 0.25) is 0 Å². The molecule has 27 heavy (non-hydrogen) atoms. The molecule has 1 aliphatic heterocycles. The fraction of sp³-hybridized carbons (Fsp3) is 0.682. The maximum atomic E-state index is 5.24. The van der Waals surface area contributed by atoms with Crippen LogP contribution in [0.2, 0.25) is 0 Å². The van der Waals surface area contributed by atoms with E-state index in [2.05, 4.69) is 46.7 Å². The Balaban J connectivity index is 1.42. The lowest BCUT2D eigenvalue weighted by Crippen LogP contribution is -2.43. The molecule has 0 atom stereocenters. The number of ether oxygens (including phenoxy) is 1. The van der Waals surface area contributed by atoms with Gasteiger partial charge in [0.1, 0.15) is 5.75 Å². The fourth-order valence-corrected chi connectivity index (χ4v) is 4.12. The molecule has 5 nitrogen and oxygen atoms in total. The molecule has 0 spiro atoms. The molecule has 3 rings (SSSR count). The molecule has 150 valence electrons. The van der Waals surface area contributed by atoms with Gasteiger partial charge in [-0.3, -0.25) is 9.89 Å². The molecule has 1 aromatic rings. The predicted octanol–water partition coefficient (Wildman–Crippen LogP) is 3.40. The van der Waals surface area contributed by atoms with Crippen LogP contribution in [-0.4, -0.2) is 50.2 Å². The average molecular weight is 373 g/mol. The second-order valence-electron chi connectivity index (χ2n) is 7.91. The number of likely N-dealkylation sites (tertiary alicyclic amines) is 1. The SMILES string of the molecule is CCNC(=NCC1CCN(Cc2ccc(OC)cc2)CC1)NC1CCCC1. The van der Waals surface area contributed by atoms with Crippen molar-refractivity contribution in [2.24, 2.45) is 10.9 Å². The zero-order valence-corrected chi connectivity index (χ0v) is 17.0. The van der Waals surface area contributed by atoms with Crippen molar-refractivity contribution in [1.29, 1.82) is 0 Å². The highest BCUT2D eigenvalue weighted by atomic mass is 16.5. The van der Waals surface area contributed by atoms with E-state index < -0.39 is 0 Å². The maximum absolute atomic E-state index is 5.24. The lowest BCUT2D eigenvalue weighted by molar-refractivity contribution is 0.180. The van der Waals surface area contributed by atoms with Gasteiger partial charge >= 0.3 is 0 Å². The Morgan fingerprint density at radius 2 is 1.81 bits per heavy atom. The van der Waals surface area contributed by atoms with E-state index >= 15 is 0 Å². The van der Waals surface area contributed by atoms with Crippen LogP contribution in [0.4, 0.5) is 0 Å². The minimum absolute atomic E-state index is 0.620. The van der Waals surface area contributed by atoms with Crippen LogP contribution in [0.25, 0.3) is 0 Å². The molecule has 1 saturated carbocycles. The van der Waals surface area contributed by atoms with Crippen LogP contribution in [0.3, 0.4) is 0 Å². The van der Waals surface area contributed by atoms with Crippen molar-refractivity contribution >= 4 is 5.96 Å². The van der Waals surface area contributed by atoms with Crippen molar-refractivity contribution in [3.8, 4) is 5.75 Å². The third-order valence-corrected chi connectivity index (χ3v) is 5.82. The monoisotopic (exact) mass is 372 g/mol. The van der Waals surface area contributed by atoms with Crippen molar-refractivity contribution in [1.82, 2.24) is 15.5 Å². The molecule has 2 aliphatic rings. The smallest absolute Gasteiger partial charge is 0.191 e. The lowest BCUT2D eigenvalue weighted by atomic mass is 9.96. The third-order valence-electron chi connectivity index (χ3n) is 5.82. The lowest BCUT2D eigenvalue weighted by Gasteiger charge is -2.31. The van der Waals surface area contributed by atoms with Crippen molar-refractivity contribution in [2.45, 2.75) is 58.0 Å². The summed E-state index contributed by atoms with van der Waals surface area (Å²) in [6.45, 7) is 7.38. The highest BCUT2D eigenvalue weighted by molar-refractivity contribution is 5.80. The molecule has 0 aromatic heterocycles. The molecule has 2 N–H and O–H groups in total. The predicted molar refractivity (Wildman–Crippen MR) is 112 cm³/mol. The number of rotatable bonds is 7. The van der Waals surface area contributed by atoms with E-state index in [9.17, 15) is 0 Å². The maximum Gasteiger partial charge on any atom is 0.191 e. The number of piperidine rings is 1. The summed E-state index contributed by atoms with van der Waals surface area (Å²) in [6.07, 6.45) is 7.75. The summed E-state index contributed by atoms with van der Waals surface area (Å²) in [5, 5.41) is 7.04. The number of hydrogen-bond acceptors (Lipinski definition) is 3. The van der Waals surface area contributed by atoms with E-state index in [-0.39, 0.29) is 0 Å². The van der Waals surface area contributed by atoms with Crippen molar-refractivity contribution in [3.05, 3.63) is 29.8 Å². The van der Waals surface area contributed by atoms with E-state index in [4.69, 9.17) is 9.73 Å². The van der Waals surface area contributed by atoms with E-state index in [0.717, 1.165) is 31.3 Å². The number of nitrogens with one attached hydrogen (secondary N) is 2. The van der Waals surface area contributed by atoms with Gasteiger partial charge in [-0.2, -0.15) is 0 Å². The highest BCUT2D eigenvalue weighted by Crippen LogP contribution is 2.21. The largest absolute Gasteiger partial charge is 0.497 e. The first-order valence-corrected chi connectivity index (χ1v) is 10.7. The van der Waals surface area contributed by atoms with Gasteiger partial charge in [-0.25, -0.2) is 0 Å². The Morgan fingerprint density at radius 1 is 1.11 bits per heavy atom. The van der Waals surface area contributed by atoms with Gasteiger partial charge < -0.3 is 15.4 Å². The Morgan fingerprint density at radius 3 is 2.44 bits per heavy atom. The van der Waals surface area contributed by atoms with E-state index in [1.54, 1.807) is 7.11 Å². The summed E-state index contributed by atoms with van der Waals surface area (Å²) in [6, 6.07) is 9.07. The van der Waals surface area contributed by atoms with Gasteiger partial charge in [-0.05, 0) is 69.3 Å². The molecule has 5 heteroatoms. The standard InChI is InChI=1S/C22H36N4O/c1-3-23-22(25-20-6-4-5-7-20)24-16-18-12-14-26(15-13-18)17-19-8-10-21(27-2)11-9-19/h8-11,18,20H,3-7,12-17H2,1-2H3,(H2,23,24,25). The van der Waals surface area contributed by atoms with Crippen LogP contribution < -0.4 is 15.4 Å². The molecule has 2 fully saturated rings. The summed E-state index contributed by atoms with van der Waals surface area (Å²) in [4.78, 5) is 7.45. The molecule has 0 amide bonds. The first-order valence-electron chi connectivity index (χ1n) is 10.7. The molecule has 1 aromatic carbocycles. The summed E-state index contributed by atoms with van der Waals surface area (Å²) >= 11 is 0. The van der Waals surface area contributed by atoms with E-state index in [1.165, 1.54) is 57.2 Å². The summed E-state index contributed by atoms with van der Waals surface area (Å²) in [7, 11) is 1.72. The summed E-state index contributed by atoms with van der Waals surface area (Å²) in [5.74, 6) is 2.65. The van der Waals surface area contributed by atoms with Gasteiger partial charge in [0, 0.05) is 25.7 Å². The number of aliphatic imine (C=N–C) groups is 1. The van der Waals surface area contributed by atoms with Crippen LogP contribution in [0.15, 0.2) is 29.3 Å². The van der Waals surface area contributed by atoms with Crippen molar-refractivity contribution in [3.63, 3.8) is 0 Å². The fourth-order valence-electron chi connectivity index (χ4n) is 4.12. The number of hydrogen-bond donors (Lipinski definition) is 2.